The molecule has 1 atom stereocenters. The third-order valence-corrected chi connectivity index (χ3v) is 8.95. The summed E-state index contributed by atoms with van der Waals surface area (Å²) in [5.74, 6) is 0.655. The van der Waals surface area contributed by atoms with Gasteiger partial charge in [-0.2, -0.15) is 0 Å². The van der Waals surface area contributed by atoms with Crippen LogP contribution in [0.4, 0.5) is 0 Å². The highest BCUT2D eigenvalue weighted by atomic mass is 35.5. The zero-order chi connectivity index (χ0) is 27.6. The first-order chi connectivity index (χ1) is 18.9. The van der Waals surface area contributed by atoms with Crippen molar-refractivity contribution in [3.63, 3.8) is 0 Å². The predicted octanol–water partition coefficient (Wildman–Crippen LogP) is 7.97. The zero-order valence-electron chi connectivity index (χ0n) is 21.8. The summed E-state index contributed by atoms with van der Waals surface area (Å²) in [5, 5.41) is 4.90. The molecule has 0 unspecified atom stereocenters. The van der Waals surface area contributed by atoms with Crippen LogP contribution in [0.2, 0.25) is 15.1 Å². The van der Waals surface area contributed by atoms with Gasteiger partial charge in [0, 0.05) is 29.8 Å². The Morgan fingerprint density at radius 2 is 1.54 bits per heavy atom. The van der Waals surface area contributed by atoms with E-state index in [1.54, 1.807) is 11.0 Å². The Labute approximate surface area is 250 Å². The molecule has 0 saturated heterocycles. The molecule has 0 aliphatic heterocycles. The monoisotopic (exact) mass is 602 g/mol. The number of hydrogen-bond acceptors (Lipinski definition) is 3. The Morgan fingerprint density at radius 1 is 0.846 bits per heavy atom. The molecule has 0 aromatic heterocycles. The van der Waals surface area contributed by atoms with Crippen LogP contribution in [-0.2, 0) is 28.3 Å². The van der Waals surface area contributed by atoms with Gasteiger partial charge in [-0.1, -0.05) is 103 Å². The molecule has 1 saturated carbocycles. The van der Waals surface area contributed by atoms with Crippen LogP contribution in [0.1, 0.15) is 48.8 Å². The van der Waals surface area contributed by atoms with Crippen molar-refractivity contribution in [2.45, 2.75) is 62.9 Å². The summed E-state index contributed by atoms with van der Waals surface area (Å²) in [6.07, 6.45) is 5.84. The van der Waals surface area contributed by atoms with Crippen molar-refractivity contribution in [3.05, 3.63) is 105 Å². The Kier molecular flexibility index (Phi) is 11.5. The number of carbonyl (C=O) groups is 2. The number of amides is 2. The lowest BCUT2D eigenvalue weighted by Gasteiger charge is -2.33. The summed E-state index contributed by atoms with van der Waals surface area (Å²) in [6, 6.07) is 22.3. The van der Waals surface area contributed by atoms with Gasteiger partial charge in [0.05, 0.1) is 15.8 Å². The van der Waals surface area contributed by atoms with Gasteiger partial charge >= 0.3 is 0 Å². The summed E-state index contributed by atoms with van der Waals surface area (Å²) in [5.41, 5.74) is 2.92. The molecular formula is C31H33Cl3N2O2S. The SMILES string of the molecule is O=C(NC1CCCCC1)[C@@H](Cc1ccccc1)N(Cc1ccc(Cl)cc1)C(=O)CSCc1ccc(Cl)c(Cl)c1. The standard InChI is InChI=1S/C31H33Cl3N2O2S/c32-25-14-11-23(12-15-25)19-36(30(37)21-39-20-24-13-16-27(33)28(34)17-24)29(18-22-7-3-1-4-8-22)31(38)35-26-9-5-2-6-10-26/h1,3-4,7-8,11-17,26,29H,2,5-6,9-10,18-21H2,(H,35,38)/t29-/m1/s1. The summed E-state index contributed by atoms with van der Waals surface area (Å²) < 4.78 is 0. The third kappa shape index (κ3) is 9.18. The molecule has 1 aliphatic carbocycles. The highest BCUT2D eigenvalue weighted by molar-refractivity contribution is 7.99. The van der Waals surface area contributed by atoms with E-state index < -0.39 is 6.04 Å². The molecule has 1 fully saturated rings. The maximum Gasteiger partial charge on any atom is 0.243 e. The minimum atomic E-state index is -0.636. The first-order valence-corrected chi connectivity index (χ1v) is 15.6. The van der Waals surface area contributed by atoms with E-state index in [2.05, 4.69) is 5.32 Å². The van der Waals surface area contributed by atoms with Gasteiger partial charge in [0.25, 0.3) is 0 Å². The van der Waals surface area contributed by atoms with Crippen LogP contribution < -0.4 is 5.32 Å². The zero-order valence-corrected chi connectivity index (χ0v) is 24.8. The van der Waals surface area contributed by atoms with Crippen molar-refractivity contribution >= 4 is 58.4 Å². The fourth-order valence-electron chi connectivity index (χ4n) is 4.85. The van der Waals surface area contributed by atoms with Crippen molar-refractivity contribution in [2.75, 3.05) is 5.75 Å². The van der Waals surface area contributed by atoms with Gasteiger partial charge in [-0.3, -0.25) is 9.59 Å². The van der Waals surface area contributed by atoms with E-state index in [0.29, 0.717) is 33.8 Å². The van der Waals surface area contributed by atoms with E-state index in [1.807, 2.05) is 66.7 Å². The van der Waals surface area contributed by atoms with Crippen molar-refractivity contribution in [3.8, 4) is 0 Å². The fourth-order valence-corrected chi connectivity index (χ4v) is 6.16. The molecule has 4 rings (SSSR count). The molecule has 1 N–H and O–H groups in total. The van der Waals surface area contributed by atoms with Crippen LogP contribution in [0.5, 0.6) is 0 Å². The Balaban J connectivity index is 1.55. The minimum absolute atomic E-state index is 0.0882. The van der Waals surface area contributed by atoms with Gasteiger partial charge in [-0.15, -0.1) is 11.8 Å². The number of carbonyl (C=O) groups excluding carboxylic acids is 2. The number of rotatable bonds is 11. The molecule has 8 heteroatoms. The molecule has 206 valence electrons. The number of hydrogen-bond donors (Lipinski definition) is 1. The first kappa shape index (κ1) is 29.8. The van der Waals surface area contributed by atoms with E-state index in [1.165, 1.54) is 18.2 Å². The number of thioether (sulfide) groups is 1. The van der Waals surface area contributed by atoms with Gasteiger partial charge in [-0.25, -0.2) is 0 Å². The van der Waals surface area contributed by atoms with Gasteiger partial charge in [0.1, 0.15) is 6.04 Å². The highest BCUT2D eigenvalue weighted by Crippen LogP contribution is 2.26. The molecule has 1 aliphatic rings. The molecular weight excluding hydrogens is 571 g/mol. The first-order valence-electron chi connectivity index (χ1n) is 13.3. The van der Waals surface area contributed by atoms with E-state index in [-0.39, 0.29) is 23.6 Å². The van der Waals surface area contributed by atoms with Crippen LogP contribution in [0.15, 0.2) is 72.8 Å². The van der Waals surface area contributed by atoms with Crippen LogP contribution >= 0.6 is 46.6 Å². The molecule has 3 aromatic rings. The Bertz CT molecular complexity index is 1230. The van der Waals surface area contributed by atoms with Crippen LogP contribution in [0.3, 0.4) is 0 Å². The summed E-state index contributed by atoms with van der Waals surface area (Å²) in [6.45, 7) is 0.318. The third-order valence-electron chi connectivity index (χ3n) is 6.97. The lowest BCUT2D eigenvalue weighted by Crippen LogP contribution is -2.53. The predicted molar refractivity (Wildman–Crippen MR) is 164 cm³/mol. The number of benzene rings is 3. The molecule has 0 heterocycles. The average Bonchev–Trinajstić information content (AvgIpc) is 2.94. The maximum absolute atomic E-state index is 13.8. The topological polar surface area (TPSA) is 49.4 Å². The summed E-state index contributed by atoms with van der Waals surface area (Å²) in [4.78, 5) is 29.3. The summed E-state index contributed by atoms with van der Waals surface area (Å²) >= 11 is 19.8. The average molecular weight is 604 g/mol. The molecule has 4 nitrogen and oxygen atoms in total. The molecule has 0 radical (unpaired) electrons. The fraction of sp³-hybridized carbons (Fsp3) is 0.355. The van der Waals surface area contributed by atoms with E-state index in [9.17, 15) is 9.59 Å². The van der Waals surface area contributed by atoms with Crippen molar-refractivity contribution in [1.29, 1.82) is 0 Å². The van der Waals surface area contributed by atoms with E-state index >= 15 is 0 Å². The second-order valence-electron chi connectivity index (χ2n) is 9.94. The van der Waals surface area contributed by atoms with Crippen molar-refractivity contribution in [2.24, 2.45) is 0 Å². The number of nitrogens with one attached hydrogen (secondary N) is 1. The highest BCUT2D eigenvalue weighted by Gasteiger charge is 2.31. The lowest BCUT2D eigenvalue weighted by atomic mass is 9.94. The van der Waals surface area contributed by atoms with Gasteiger partial charge in [0.15, 0.2) is 0 Å². The Hall–Kier alpha value is -2.18. The molecule has 0 spiro atoms. The largest absolute Gasteiger partial charge is 0.352 e. The number of nitrogens with zero attached hydrogens (tertiary/aromatic N) is 1. The van der Waals surface area contributed by atoms with Gasteiger partial charge < -0.3 is 10.2 Å². The molecule has 39 heavy (non-hydrogen) atoms. The quantitative estimate of drug-likeness (QED) is 0.242. The van der Waals surface area contributed by atoms with Crippen molar-refractivity contribution < 1.29 is 9.59 Å². The maximum atomic E-state index is 13.8. The smallest absolute Gasteiger partial charge is 0.243 e. The van der Waals surface area contributed by atoms with E-state index in [4.69, 9.17) is 34.8 Å². The second kappa shape index (κ2) is 15.0. The minimum Gasteiger partial charge on any atom is -0.352 e. The van der Waals surface area contributed by atoms with Crippen LogP contribution in [-0.4, -0.2) is 34.6 Å². The Morgan fingerprint density at radius 3 is 2.23 bits per heavy atom. The van der Waals surface area contributed by atoms with Gasteiger partial charge in [-0.05, 0) is 53.8 Å². The molecule has 0 bridgehead atoms. The van der Waals surface area contributed by atoms with Gasteiger partial charge in [0.2, 0.25) is 11.8 Å². The summed E-state index contributed by atoms with van der Waals surface area (Å²) in [7, 11) is 0. The number of halogens is 3. The second-order valence-corrected chi connectivity index (χ2v) is 12.2. The van der Waals surface area contributed by atoms with Crippen LogP contribution in [0.25, 0.3) is 0 Å². The van der Waals surface area contributed by atoms with E-state index in [0.717, 1.165) is 42.4 Å². The lowest BCUT2D eigenvalue weighted by molar-refractivity contribution is -0.139. The molecule has 2 amide bonds. The van der Waals surface area contributed by atoms with Crippen molar-refractivity contribution in [1.82, 2.24) is 10.2 Å². The van der Waals surface area contributed by atoms with Crippen LogP contribution in [0, 0.1) is 0 Å². The normalized spacial score (nSPS) is 14.5. The molecule has 3 aromatic carbocycles.